The average molecular weight is 367 g/mol. The van der Waals surface area contributed by atoms with Crippen molar-refractivity contribution >= 4 is 22.8 Å². The summed E-state index contributed by atoms with van der Waals surface area (Å²) < 4.78 is 16.5. The Hall–Kier alpha value is -3.09. The molecule has 3 aromatic rings. The molecule has 140 valence electrons. The number of hydrogen-bond acceptors (Lipinski definition) is 4. The number of carbonyl (C=O) groups is 1. The molecular formula is C20H22FN5O. The lowest BCUT2D eigenvalue weighted by molar-refractivity contribution is 0.1000. The quantitative estimate of drug-likeness (QED) is 0.616. The second-order valence-corrected chi connectivity index (χ2v) is 7.31. The van der Waals surface area contributed by atoms with Crippen LogP contribution in [0.5, 0.6) is 0 Å². The van der Waals surface area contributed by atoms with E-state index in [4.69, 9.17) is 11.5 Å². The monoisotopic (exact) mass is 367 g/mol. The summed E-state index contributed by atoms with van der Waals surface area (Å²) in [5, 5.41) is 7.53. The van der Waals surface area contributed by atoms with Crippen LogP contribution in [0.2, 0.25) is 0 Å². The number of carbonyl (C=O) groups excluding carboxylic acids is 1. The third kappa shape index (κ3) is 2.99. The average Bonchev–Trinajstić information content (AvgIpc) is 3.18. The summed E-state index contributed by atoms with van der Waals surface area (Å²) in [5.41, 5.74) is 14.1. The van der Waals surface area contributed by atoms with Gasteiger partial charge < -0.3 is 16.8 Å². The molecule has 0 spiro atoms. The molecule has 4 rings (SSSR count). The van der Waals surface area contributed by atoms with E-state index in [0.29, 0.717) is 29.7 Å². The van der Waals surface area contributed by atoms with Crippen LogP contribution in [0.25, 0.3) is 16.6 Å². The van der Waals surface area contributed by atoms with E-state index in [2.05, 4.69) is 10.4 Å². The molecule has 0 radical (unpaired) electrons. The Morgan fingerprint density at radius 3 is 2.85 bits per heavy atom. The molecule has 7 heteroatoms. The Balaban J connectivity index is 1.86. The fourth-order valence-electron chi connectivity index (χ4n) is 3.83. The topological polar surface area (TPSA) is 98.4 Å². The number of primary amides is 1. The normalized spacial score (nSPS) is 22.2. The van der Waals surface area contributed by atoms with Crippen molar-refractivity contribution in [2.24, 2.45) is 5.73 Å². The largest absolute Gasteiger partial charge is 0.398 e. The van der Waals surface area contributed by atoms with E-state index in [1.165, 1.54) is 6.20 Å². The molecule has 1 aliphatic carbocycles. The SMILES string of the molecule is C[C@]1(F)CCC[C@H]1Nc1c(C(N)=O)cnn2cc(-c3ccccc3N)cc12. The van der Waals surface area contributed by atoms with Gasteiger partial charge in [-0.05, 0) is 38.3 Å². The van der Waals surface area contributed by atoms with Crippen LogP contribution in [0.1, 0.15) is 36.5 Å². The highest BCUT2D eigenvalue weighted by molar-refractivity contribution is 6.02. The van der Waals surface area contributed by atoms with Gasteiger partial charge in [-0.3, -0.25) is 4.79 Å². The van der Waals surface area contributed by atoms with Crippen molar-refractivity contribution in [3.8, 4) is 11.1 Å². The van der Waals surface area contributed by atoms with Crippen LogP contribution in [0.4, 0.5) is 15.8 Å². The number of benzene rings is 1. The molecule has 27 heavy (non-hydrogen) atoms. The number of amides is 1. The summed E-state index contributed by atoms with van der Waals surface area (Å²) in [6.45, 7) is 1.59. The van der Waals surface area contributed by atoms with Gasteiger partial charge in [-0.1, -0.05) is 18.2 Å². The molecule has 1 fully saturated rings. The first-order chi connectivity index (χ1) is 12.9. The van der Waals surface area contributed by atoms with Gasteiger partial charge in [0.25, 0.3) is 5.91 Å². The number of nitrogens with two attached hydrogens (primary N) is 2. The highest BCUT2D eigenvalue weighted by Gasteiger charge is 2.39. The Kier molecular flexibility index (Phi) is 4.02. The van der Waals surface area contributed by atoms with Crippen molar-refractivity contribution in [1.82, 2.24) is 9.61 Å². The molecule has 1 saturated carbocycles. The maximum absolute atomic E-state index is 14.8. The van der Waals surface area contributed by atoms with E-state index in [0.717, 1.165) is 17.5 Å². The Morgan fingerprint density at radius 2 is 2.19 bits per heavy atom. The van der Waals surface area contributed by atoms with E-state index in [1.54, 1.807) is 11.4 Å². The third-order valence-electron chi connectivity index (χ3n) is 5.38. The van der Waals surface area contributed by atoms with E-state index < -0.39 is 11.6 Å². The van der Waals surface area contributed by atoms with Gasteiger partial charge in [0.2, 0.25) is 0 Å². The summed E-state index contributed by atoms with van der Waals surface area (Å²) in [6, 6.07) is 9.02. The molecule has 0 unspecified atom stereocenters. The van der Waals surface area contributed by atoms with Gasteiger partial charge in [0.1, 0.15) is 5.67 Å². The highest BCUT2D eigenvalue weighted by atomic mass is 19.1. The first-order valence-corrected chi connectivity index (χ1v) is 8.98. The number of nitrogens with zero attached hydrogens (tertiary/aromatic N) is 2. The lowest BCUT2D eigenvalue weighted by Gasteiger charge is -2.26. The molecule has 2 atom stereocenters. The van der Waals surface area contributed by atoms with E-state index >= 15 is 0 Å². The van der Waals surface area contributed by atoms with Gasteiger partial charge in [0, 0.05) is 23.0 Å². The van der Waals surface area contributed by atoms with Gasteiger partial charge in [-0.25, -0.2) is 8.91 Å². The van der Waals surface area contributed by atoms with Crippen molar-refractivity contribution in [3.05, 3.63) is 48.3 Å². The number of hydrogen-bond donors (Lipinski definition) is 3. The van der Waals surface area contributed by atoms with Crippen molar-refractivity contribution in [2.45, 2.75) is 37.9 Å². The third-order valence-corrected chi connectivity index (χ3v) is 5.38. The van der Waals surface area contributed by atoms with E-state index in [1.807, 2.05) is 36.5 Å². The van der Waals surface area contributed by atoms with Crippen molar-refractivity contribution < 1.29 is 9.18 Å². The smallest absolute Gasteiger partial charge is 0.252 e. The Labute approximate surface area is 156 Å². The van der Waals surface area contributed by atoms with Crippen molar-refractivity contribution in [3.63, 3.8) is 0 Å². The van der Waals surface area contributed by atoms with E-state index in [-0.39, 0.29) is 11.6 Å². The summed E-state index contributed by atoms with van der Waals surface area (Å²) >= 11 is 0. The first kappa shape index (κ1) is 17.3. The van der Waals surface area contributed by atoms with Crippen LogP contribution in [0, 0.1) is 0 Å². The molecule has 5 N–H and O–H groups in total. The maximum Gasteiger partial charge on any atom is 0.252 e. The highest BCUT2D eigenvalue weighted by Crippen LogP contribution is 2.38. The van der Waals surface area contributed by atoms with Crippen LogP contribution >= 0.6 is 0 Å². The van der Waals surface area contributed by atoms with Gasteiger partial charge in [-0.2, -0.15) is 5.10 Å². The molecule has 1 amide bonds. The van der Waals surface area contributed by atoms with Crippen LogP contribution in [0.15, 0.2) is 42.7 Å². The van der Waals surface area contributed by atoms with Crippen LogP contribution < -0.4 is 16.8 Å². The number of rotatable bonds is 4. The standard InChI is InChI=1S/C20H22FN5O/c1-20(21)8-4-7-17(20)25-18-14(19(23)27)10-24-26-11-12(9-16(18)26)13-5-2-3-6-15(13)22/h2-3,5-6,9-11,17,25H,4,7-8,22H2,1H3,(H2,23,27)/t17-,20+/m1/s1. The van der Waals surface area contributed by atoms with Crippen molar-refractivity contribution in [2.75, 3.05) is 11.1 Å². The van der Waals surface area contributed by atoms with Crippen LogP contribution in [0.3, 0.4) is 0 Å². The molecule has 6 nitrogen and oxygen atoms in total. The predicted molar refractivity (Wildman–Crippen MR) is 104 cm³/mol. The lowest BCUT2D eigenvalue weighted by Crippen LogP contribution is -2.36. The minimum Gasteiger partial charge on any atom is -0.398 e. The molecule has 0 aliphatic heterocycles. The number of alkyl halides is 1. The number of anilines is 2. The van der Waals surface area contributed by atoms with Crippen LogP contribution in [-0.4, -0.2) is 27.2 Å². The lowest BCUT2D eigenvalue weighted by atomic mass is 10.0. The molecule has 2 heterocycles. The molecule has 0 saturated heterocycles. The summed E-state index contributed by atoms with van der Waals surface area (Å²) in [7, 11) is 0. The zero-order valence-corrected chi connectivity index (χ0v) is 15.1. The Bertz CT molecular complexity index is 1030. The zero-order chi connectivity index (χ0) is 19.2. The zero-order valence-electron chi connectivity index (χ0n) is 15.1. The Morgan fingerprint density at radius 1 is 1.41 bits per heavy atom. The number of fused-ring (bicyclic) bond motifs is 1. The van der Waals surface area contributed by atoms with Gasteiger partial charge >= 0.3 is 0 Å². The fourth-order valence-corrected chi connectivity index (χ4v) is 3.83. The first-order valence-electron chi connectivity index (χ1n) is 8.98. The summed E-state index contributed by atoms with van der Waals surface area (Å²) in [6.07, 6.45) is 5.23. The number of nitrogen functional groups attached to an aromatic ring is 1. The van der Waals surface area contributed by atoms with Gasteiger partial charge in [0.15, 0.2) is 0 Å². The number of nitrogens with one attached hydrogen (secondary N) is 1. The minimum atomic E-state index is -1.34. The van der Waals surface area contributed by atoms with E-state index in [9.17, 15) is 9.18 Å². The minimum absolute atomic E-state index is 0.246. The second kappa shape index (κ2) is 6.26. The molecule has 1 aliphatic rings. The number of para-hydroxylation sites is 1. The van der Waals surface area contributed by atoms with Crippen molar-refractivity contribution in [1.29, 1.82) is 0 Å². The summed E-state index contributed by atoms with van der Waals surface area (Å²) in [4.78, 5) is 12.0. The molecule has 1 aromatic carbocycles. The van der Waals surface area contributed by atoms with Gasteiger partial charge in [0.05, 0.1) is 29.0 Å². The second-order valence-electron chi connectivity index (χ2n) is 7.31. The predicted octanol–water partition coefficient (Wildman–Crippen LogP) is 3.38. The maximum atomic E-state index is 14.8. The molecular weight excluding hydrogens is 345 g/mol. The molecule has 0 bridgehead atoms. The number of aromatic nitrogens is 2. The summed E-state index contributed by atoms with van der Waals surface area (Å²) in [5.74, 6) is -0.604. The van der Waals surface area contributed by atoms with Crippen LogP contribution in [-0.2, 0) is 0 Å². The fraction of sp³-hybridized carbons (Fsp3) is 0.300. The number of halogens is 1. The van der Waals surface area contributed by atoms with Gasteiger partial charge in [-0.15, -0.1) is 0 Å². The molecule has 2 aromatic heterocycles.